The molecule has 1 unspecified atom stereocenters. The Bertz CT molecular complexity index is 440. The topological polar surface area (TPSA) is 46.3 Å². The molecule has 1 atom stereocenters. The van der Waals surface area contributed by atoms with Gasteiger partial charge in [-0.2, -0.15) is 0 Å². The standard InChI is InChI=1S/C14H20Cl2N2O/c1-4-9(3)8-18(5-2)14(19)10-6-11(15)13(17)12(16)7-10/h6-7,9H,4-5,8,17H2,1-3H3. The largest absolute Gasteiger partial charge is 0.396 e. The van der Waals surface area contributed by atoms with E-state index in [2.05, 4.69) is 13.8 Å². The van der Waals surface area contributed by atoms with Crippen LogP contribution in [0, 0.1) is 5.92 Å². The molecule has 0 aliphatic rings. The van der Waals surface area contributed by atoms with Gasteiger partial charge in [-0.3, -0.25) is 4.79 Å². The van der Waals surface area contributed by atoms with Crippen LogP contribution in [0.25, 0.3) is 0 Å². The third-order valence-electron chi connectivity index (χ3n) is 3.22. The van der Waals surface area contributed by atoms with Gasteiger partial charge in [0.15, 0.2) is 0 Å². The van der Waals surface area contributed by atoms with Crippen LogP contribution in [-0.4, -0.2) is 23.9 Å². The molecule has 0 spiro atoms. The van der Waals surface area contributed by atoms with Gasteiger partial charge in [0.25, 0.3) is 5.91 Å². The molecule has 106 valence electrons. The Labute approximate surface area is 124 Å². The van der Waals surface area contributed by atoms with Gasteiger partial charge in [-0.05, 0) is 25.0 Å². The second kappa shape index (κ2) is 7.01. The maximum absolute atomic E-state index is 12.4. The summed E-state index contributed by atoms with van der Waals surface area (Å²) in [5.74, 6) is 0.398. The number of carbonyl (C=O) groups is 1. The fraction of sp³-hybridized carbons (Fsp3) is 0.500. The van der Waals surface area contributed by atoms with Crippen LogP contribution in [0.4, 0.5) is 5.69 Å². The van der Waals surface area contributed by atoms with E-state index in [1.807, 2.05) is 6.92 Å². The van der Waals surface area contributed by atoms with E-state index in [0.29, 0.717) is 33.8 Å². The molecule has 0 aliphatic heterocycles. The lowest BCUT2D eigenvalue weighted by molar-refractivity contribution is 0.0741. The lowest BCUT2D eigenvalue weighted by Gasteiger charge is -2.24. The Balaban J connectivity index is 2.98. The lowest BCUT2D eigenvalue weighted by atomic mass is 10.1. The molecular formula is C14H20Cl2N2O. The summed E-state index contributed by atoms with van der Waals surface area (Å²) in [5.41, 5.74) is 6.46. The Morgan fingerprint density at radius 3 is 2.26 bits per heavy atom. The van der Waals surface area contributed by atoms with E-state index < -0.39 is 0 Å². The van der Waals surface area contributed by atoms with Crippen LogP contribution in [0.15, 0.2) is 12.1 Å². The van der Waals surface area contributed by atoms with Gasteiger partial charge in [-0.25, -0.2) is 0 Å². The summed E-state index contributed by atoms with van der Waals surface area (Å²) < 4.78 is 0. The predicted molar refractivity (Wildman–Crippen MR) is 81.9 cm³/mol. The van der Waals surface area contributed by atoms with Crippen molar-refractivity contribution in [2.24, 2.45) is 5.92 Å². The highest BCUT2D eigenvalue weighted by Gasteiger charge is 2.18. The van der Waals surface area contributed by atoms with Gasteiger partial charge in [0.2, 0.25) is 0 Å². The van der Waals surface area contributed by atoms with E-state index in [9.17, 15) is 4.79 Å². The number of hydrogen-bond donors (Lipinski definition) is 1. The number of carbonyl (C=O) groups excluding carboxylic acids is 1. The molecule has 1 aromatic carbocycles. The van der Waals surface area contributed by atoms with Crippen molar-refractivity contribution in [2.45, 2.75) is 27.2 Å². The molecule has 2 N–H and O–H groups in total. The van der Waals surface area contributed by atoms with Gasteiger partial charge in [0, 0.05) is 18.7 Å². The van der Waals surface area contributed by atoms with Crippen LogP contribution in [0.3, 0.4) is 0 Å². The van der Waals surface area contributed by atoms with Gasteiger partial charge in [0.05, 0.1) is 15.7 Å². The second-order valence-electron chi connectivity index (χ2n) is 4.71. The number of nitrogens with zero attached hydrogens (tertiary/aromatic N) is 1. The fourth-order valence-corrected chi connectivity index (χ4v) is 2.24. The molecule has 1 aromatic rings. The van der Waals surface area contributed by atoms with Gasteiger partial charge in [-0.1, -0.05) is 43.5 Å². The van der Waals surface area contributed by atoms with E-state index >= 15 is 0 Å². The molecule has 1 amide bonds. The zero-order valence-electron chi connectivity index (χ0n) is 11.5. The van der Waals surface area contributed by atoms with Crippen molar-refractivity contribution in [2.75, 3.05) is 18.8 Å². The third kappa shape index (κ3) is 4.02. The minimum atomic E-state index is -0.0633. The zero-order chi connectivity index (χ0) is 14.6. The summed E-state index contributed by atoms with van der Waals surface area (Å²) >= 11 is 11.9. The highest BCUT2D eigenvalue weighted by atomic mass is 35.5. The average molecular weight is 303 g/mol. The summed E-state index contributed by atoms with van der Waals surface area (Å²) in [5, 5.41) is 0.630. The zero-order valence-corrected chi connectivity index (χ0v) is 13.1. The number of amides is 1. The van der Waals surface area contributed by atoms with Crippen molar-refractivity contribution in [1.82, 2.24) is 4.90 Å². The maximum Gasteiger partial charge on any atom is 0.253 e. The smallest absolute Gasteiger partial charge is 0.253 e. The Hall–Kier alpha value is -0.930. The average Bonchev–Trinajstić information content (AvgIpc) is 2.40. The van der Waals surface area contributed by atoms with Crippen molar-refractivity contribution in [3.63, 3.8) is 0 Å². The molecule has 0 radical (unpaired) electrons. The van der Waals surface area contributed by atoms with Crippen molar-refractivity contribution in [3.8, 4) is 0 Å². The van der Waals surface area contributed by atoms with Gasteiger partial charge in [-0.15, -0.1) is 0 Å². The number of rotatable bonds is 5. The highest BCUT2D eigenvalue weighted by molar-refractivity contribution is 6.39. The molecule has 0 bridgehead atoms. The van der Waals surface area contributed by atoms with Crippen molar-refractivity contribution in [3.05, 3.63) is 27.7 Å². The van der Waals surface area contributed by atoms with E-state index in [1.165, 1.54) is 0 Å². The van der Waals surface area contributed by atoms with E-state index in [0.717, 1.165) is 13.0 Å². The summed E-state index contributed by atoms with van der Waals surface area (Å²) in [6.45, 7) is 7.58. The van der Waals surface area contributed by atoms with Crippen LogP contribution in [0.1, 0.15) is 37.6 Å². The molecule has 0 saturated carbocycles. The first-order valence-corrected chi connectivity index (χ1v) is 7.20. The normalized spacial score (nSPS) is 12.3. The summed E-state index contributed by atoms with van der Waals surface area (Å²) in [4.78, 5) is 14.2. The molecule has 3 nitrogen and oxygen atoms in total. The highest BCUT2D eigenvalue weighted by Crippen LogP contribution is 2.29. The molecule has 5 heteroatoms. The molecule has 0 fully saturated rings. The van der Waals surface area contributed by atoms with Crippen molar-refractivity contribution < 1.29 is 4.79 Å². The molecular weight excluding hydrogens is 283 g/mol. The fourth-order valence-electron chi connectivity index (χ4n) is 1.75. The molecule has 0 saturated heterocycles. The monoisotopic (exact) mass is 302 g/mol. The second-order valence-corrected chi connectivity index (χ2v) is 5.53. The minimum absolute atomic E-state index is 0.0633. The molecule has 0 aromatic heterocycles. The number of nitrogens with two attached hydrogens (primary N) is 1. The number of hydrogen-bond acceptors (Lipinski definition) is 2. The first-order chi connectivity index (χ1) is 8.90. The maximum atomic E-state index is 12.4. The first kappa shape index (κ1) is 16.1. The Morgan fingerprint density at radius 1 is 1.32 bits per heavy atom. The van der Waals surface area contributed by atoms with Crippen LogP contribution in [-0.2, 0) is 0 Å². The number of anilines is 1. The molecule has 1 rings (SSSR count). The number of nitrogen functional groups attached to an aromatic ring is 1. The Morgan fingerprint density at radius 2 is 1.84 bits per heavy atom. The van der Waals surface area contributed by atoms with Gasteiger partial charge in [0.1, 0.15) is 0 Å². The van der Waals surface area contributed by atoms with Crippen LogP contribution >= 0.6 is 23.2 Å². The van der Waals surface area contributed by atoms with Gasteiger partial charge >= 0.3 is 0 Å². The van der Waals surface area contributed by atoms with E-state index in [1.54, 1.807) is 17.0 Å². The van der Waals surface area contributed by atoms with Crippen LogP contribution in [0.5, 0.6) is 0 Å². The van der Waals surface area contributed by atoms with Crippen LogP contribution in [0.2, 0.25) is 10.0 Å². The lowest BCUT2D eigenvalue weighted by Crippen LogP contribution is -2.34. The van der Waals surface area contributed by atoms with E-state index in [-0.39, 0.29) is 5.91 Å². The van der Waals surface area contributed by atoms with Crippen molar-refractivity contribution in [1.29, 1.82) is 0 Å². The number of benzene rings is 1. The third-order valence-corrected chi connectivity index (χ3v) is 3.85. The number of halogens is 2. The summed E-state index contributed by atoms with van der Waals surface area (Å²) in [7, 11) is 0. The Kier molecular flexibility index (Phi) is 5.95. The van der Waals surface area contributed by atoms with Gasteiger partial charge < -0.3 is 10.6 Å². The quantitative estimate of drug-likeness (QED) is 0.833. The molecule has 0 heterocycles. The summed E-state index contributed by atoms with van der Waals surface area (Å²) in [6, 6.07) is 3.15. The SMILES string of the molecule is CCC(C)CN(CC)C(=O)c1cc(Cl)c(N)c(Cl)c1. The van der Waals surface area contributed by atoms with Crippen molar-refractivity contribution >= 4 is 34.8 Å². The van der Waals surface area contributed by atoms with E-state index in [4.69, 9.17) is 28.9 Å². The van der Waals surface area contributed by atoms with Crippen LogP contribution < -0.4 is 5.73 Å². The predicted octanol–water partition coefficient (Wildman–Crippen LogP) is 4.08. The molecule has 19 heavy (non-hydrogen) atoms. The minimum Gasteiger partial charge on any atom is -0.396 e. The first-order valence-electron chi connectivity index (χ1n) is 6.44. The summed E-state index contributed by atoms with van der Waals surface area (Å²) in [6.07, 6.45) is 1.03. The molecule has 0 aliphatic carbocycles.